The van der Waals surface area contributed by atoms with Crippen LogP contribution in [0.4, 0.5) is 0 Å². The molecule has 0 aliphatic heterocycles. The quantitative estimate of drug-likeness (QED) is 0.579. The maximum absolute atomic E-state index is 11.5. The van der Waals surface area contributed by atoms with Crippen molar-refractivity contribution in [2.24, 2.45) is 5.73 Å². The fourth-order valence-electron chi connectivity index (χ4n) is 1.69. The molecule has 0 radical (unpaired) electrons. The lowest BCUT2D eigenvalue weighted by Gasteiger charge is -2.08. The molecule has 0 saturated heterocycles. The minimum absolute atomic E-state index is 0.00318. The van der Waals surface area contributed by atoms with Crippen LogP contribution in [0.5, 0.6) is 0 Å². The SMILES string of the molecule is CCn1c(Sc2cc(C)ccc2C(=N)N)n[nH]c1=O. The summed E-state index contributed by atoms with van der Waals surface area (Å²) in [5.74, 6) is 0.00318. The zero-order valence-electron chi connectivity index (χ0n) is 10.7. The van der Waals surface area contributed by atoms with E-state index in [0.717, 1.165) is 10.5 Å². The van der Waals surface area contributed by atoms with Gasteiger partial charge in [-0.15, -0.1) is 5.10 Å². The van der Waals surface area contributed by atoms with Crippen LogP contribution in [-0.2, 0) is 6.54 Å². The molecule has 0 aliphatic carbocycles. The van der Waals surface area contributed by atoms with E-state index in [1.54, 1.807) is 6.07 Å². The molecule has 0 spiro atoms. The van der Waals surface area contributed by atoms with Gasteiger partial charge in [0.15, 0.2) is 5.16 Å². The van der Waals surface area contributed by atoms with Gasteiger partial charge >= 0.3 is 5.69 Å². The van der Waals surface area contributed by atoms with Gasteiger partial charge in [-0.1, -0.05) is 6.07 Å². The third-order valence-electron chi connectivity index (χ3n) is 2.67. The molecule has 2 rings (SSSR count). The van der Waals surface area contributed by atoms with Crippen molar-refractivity contribution in [1.82, 2.24) is 14.8 Å². The highest BCUT2D eigenvalue weighted by molar-refractivity contribution is 7.99. The van der Waals surface area contributed by atoms with E-state index in [1.807, 2.05) is 26.0 Å². The molecule has 7 heteroatoms. The molecule has 4 N–H and O–H groups in total. The summed E-state index contributed by atoms with van der Waals surface area (Å²) in [5.41, 5.74) is 7.04. The van der Waals surface area contributed by atoms with Gasteiger partial charge in [0.1, 0.15) is 5.84 Å². The Morgan fingerprint density at radius 1 is 1.58 bits per heavy atom. The number of nitrogen functional groups attached to an aromatic ring is 1. The van der Waals surface area contributed by atoms with E-state index < -0.39 is 0 Å². The summed E-state index contributed by atoms with van der Waals surface area (Å²) in [6, 6.07) is 5.64. The number of benzene rings is 1. The molecule has 0 amide bonds. The van der Waals surface area contributed by atoms with E-state index in [9.17, 15) is 4.79 Å². The van der Waals surface area contributed by atoms with Crippen LogP contribution < -0.4 is 11.4 Å². The Kier molecular flexibility index (Phi) is 3.75. The van der Waals surface area contributed by atoms with Crippen LogP contribution in [0.1, 0.15) is 18.1 Å². The summed E-state index contributed by atoms with van der Waals surface area (Å²) >= 11 is 1.33. The van der Waals surface area contributed by atoms with Gasteiger partial charge in [-0.2, -0.15) is 0 Å². The number of rotatable bonds is 4. The molecular formula is C12H15N5OS. The smallest absolute Gasteiger partial charge is 0.343 e. The van der Waals surface area contributed by atoms with Gasteiger partial charge < -0.3 is 5.73 Å². The number of H-pyrrole nitrogens is 1. The molecule has 100 valence electrons. The van der Waals surface area contributed by atoms with Crippen LogP contribution in [0.3, 0.4) is 0 Å². The van der Waals surface area contributed by atoms with Crippen molar-refractivity contribution >= 4 is 17.6 Å². The van der Waals surface area contributed by atoms with Gasteiger partial charge in [-0.3, -0.25) is 9.98 Å². The average molecular weight is 277 g/mol. The summed E-state index contributed by atoms with van der Waals surface area (Å²) < 4.78 is 1.54. The molecule has 0 bridgehead atoms. The standard InChI is InChI=1S/C12H15N5OS/c1-3-17-11(18)15-16-12(17)19-9-6-7(2)4-5-8(9)10(13)14/h4-6H,3H2,1-2H3,(H3,13,14)(H,15,18). The maximum atomic E-state index is 11.5. The molecule has 0 aliphatic rings. The molecule has 0 saturated carbocycles. The maximum Gasteiger partial charge on any atom is 0.343 e. The zero-order chi connectivity index (χ0) is 14.0. The summed E-state index contributed by atoms with van der Waals surface area (Å²) in [4.78, 5) is 12.3. The predicted molar refractivity (Wildman–Crippen MR) is 74.8 cm³/mol. The Hall–Kier alpha value is -2.02. The van der Waals surface area contributed by atoms with Crippen molar-refractivity contribution in [3.8, 4) is 0 Å². The fraction of sp³-hybridized carbons (Fsp3) is 0.250. The summed E-state index contributed by atoms with van der Waals surface area (Å²) in [7, 11) is 0. The third kappa shape index (κ3) is 2.70. The van der Waals surface area contributed by atoms with Crippen molar-refractivity contribution in [2.45, 2.75) is 30.4 Å². The number of hydrogen-bond acceptors (Lipinski definition) is 4. The molecule has 1 aromatic heterocycles. The summed E-state index contributed by atoms with van der Waals surface area (Å²) in [6.07, 6.45) is 0. The van der Waals surface area contributed by atoms with Crippen LogP contribution in [0, 0.1) is 12.3 Å². The Morgan fingerprint density at radius 2 is 2.32 bits per heavy atom. The number of nitrogens with zero attached hydrogens (tertiary/aromatic N) is 2. The molecular weight excluding hydrogens is 262 g/mol. The number of nitrogens with one attached hydrogen (secondary N) is 2. The second kappa shape index (κ2) is 5.31. The zero-order valence-corrected chi connectivity index (χ0v) is 11.5. The van der Waals surface area contributed by atoms with Crippen molar-refractivity contribution < 1.29 is 0 Å². The lowest BCUT2D eigenvalue weighted by molar-refractivity contribution is 0.660. The topological polar surface area (TPSA) is 101 Å². The second-order valence-electron chi connectivity index (χ2n) is 4.07. The minimum Gasteiger partial charge on any atom is -0.384 e. The van der Waals surface area contributed by atoms with Crippen molar-refractivity contribution in [1.29, 1.82) is 5.41 Å². The lowest BCUT2D eigenvalue weighted by Crippen LogP contribution is -2.16. The first-order chi connectivity index (χ1) is 9.02. The van der Waals surface area contributed by atoms with E-state index in [4.69, 9.17) is 11.1 Å². The number of amidine groups is 1. The monoisotopic (exact) mass is 277 g/mol. The second-order valence-corrected chi connectivity index (χ2v) is 5.08. The first kappa shape index (κ1) is 13.4. The Balaban J connectivity index is 2.45. The minimum atomic E-state index is -0.234. The number of aromatic nitrogens is 3. The number of nitrogens with two attached hydrogens (primary N) is 1. The molecule has 0 unspecified atom stereocenters. The van der Waals surface area contributed by atoms with Gasteiger partial charge in [0, 0.05) is 17.0 Å². The van der Waals surface area contributed by atoms with Gasteiger partial charge in [-0.05, 0) is 43.3 Å². The molecule has 0 atom stereocenters. The highest BCUT2D eigenvalue weighted by Crippen LogP contribution is 2.29. The van der Waals surface area contributed by atoms with E-state index in [2.05, 4.69) is 10.2 Å². The Labute approximate surface area is 114 Å². The van der Waals surface area contributed by atoms with Crippen LogP contribution >= 0.6 is 11.8 Å². The highest BCUT2D eigenvalue weighted by Gasteiger charge is 2.12. The first-order valence-electron chi connectivity index (χ1n) is 5.81. The van der Waals surface area contributed by atoms with E-state index in [0.29, 0.717) is 17.3 Å². The molecule has 6 nitrogen and oxygen atoms in total. The molecule has 2 aromatic rings. The third-order valence-corrected chi connectivity index (χ3v) is 3.72. The van der Waals surface area contributed by atoms with Gasteiger partial charge in [0.05, 0.1) is 0 Å². The molecule has 19 heavy (non-hydrogen) atoms. The van der Waals surface area contributed by atoms with Crippen LogP contribution in [0.15, 0.2) is 33.0 Å². The largest absolute Gasteiger partial charge is 0.384 e. The average Bonchev–Trinajstić information content (AvgIpc) is 2.69. The van der Waals surface area contributed by atoms with Crippen molar-refractivity contribution in [2.75, 3.05) is 0 Å². The highest BCUT2D eigenvalue weighted by atomic mass is 32.2. The number of hydrogen-bond donors (Lipinski definition) is 3. The van der Waals surface area contributed by atoms with Gasteiger partial charge in [0.25, 0.3) is 0 Å². The normalized spacial score (nSPS) is 10.6. The number of aryl methyl sites for hydroxylation is 1. The van der Waals surface area contributed by atoms with E-state index in [-0.39, 0.29) is 11.5 Å². The van der Waals surface area contributed by atoms with Gasteiger partial charge in [0.2, 0.25) is 0 Å². The first-order valence-corrected chi connectivity index (χ1v) is 6.62. The van der Waals surface area contributed by atoms with Crippen LogP contribution in [-0.4, -0.2) is 20.6 Å². The predicted octanol–water partition coefficient (Wildman–Crippen LogP) is 1.33. The number of aromatic amines is 1. The molecule has 1 heterocycles. The molecule has 1 aromatic carbocycles. The summed E-state index contributed by atoms with van der Waals surface area (Å²) in [6.45, 7) is 4.38. The van der Waals surface area contributed by atoms with Crippen molar-refractivity contribution in [3.63, 3.8) is 0 Å². The van der Waals surface area contributed by atoms with Crippen LogP contribution in [0.25, 0.3) is 0 Å². The van der Waals surface area contributed by atoms with Crippen molar-refractivity contribution in [3.05, 3.63) is 39.8 Å². The van der Waals surface area contributed by atoms with Gasteiger partial charge in [-0.25, -0.2) is 9.89 Å². The van der Waals surface area contributed by atoms with E-state index in [1.165, 1.54) is 16.3 Å². The Bertz CT molecular complexity index is 673. The lowest BCUT2D eigenvalue weighted by atomic mass is 10.1. The Morgan fingerprint density at radius 3 is 2.95 bits per heavy atom. The van der Waals surface area contributed by atoms with Crippen LogP contribution in [0.2, 0.25) is 0 Å². The molecule has 0 fully saturated rings. The van der Waals surface area contributed by atoms with E-state index >= 15 is 0 Å². The fourth-order valence-corrected chi connectivity index (χ4v) is 2.84. The summed E-state index contributed by atoms with van der Waals surface area (Å²) in [5, 5.41) is 14.6.